The minimum absolute atomic E-state index is 0.401. The molecular formula is C13H13NO2S. The average molecular weight is 247 g/mol. The average Bonchev–Trinajstić information content (AvgIpc) is 2.73. The molecule has 0 atom stereocenters. The normalized spacial score (nSPS) is 10.2. The molecule has 2 rings (SSSR count). The van der Waals surface area contributed by atoms with Crippen molar-refractivity contribution in [2.24, 2.45) is 0 Å². The number of thiophene rings is 1. The standard InChI is InChI=1S/C13H13NO2S/c1-10-7-8-12(17-10)9-14(13(15)16)11-5-3-2-4-6-11/h2-8H,9H2,1H3,(H,15,16). The molecule has 1 aromatic carbocycles. The predicted octanol–water partition coefficient (Wildman–Crippen LogP) is 3.74. The van der Waals surface area contributed by atoms with Crippen LogP contribution in [0.3, 0.4) is 0 Å². The highest BCUT2D eigenvalue weighted by Crippen LogP contribution is 2.21. The van der Waals surface area contributed by atoms with Crippen molar-refractivity contribution in [1.82, 2.24) is 0 Å². The molecular weight excluding hydrogens is 234 g/mol. The largest absolute Gasteiger partial charge is 0.465 e. The highest BCUT2D eigenvalue weighted by molar-refractivity contribution is 7.11. The zero-order valence-corrected chi connectivity index (χ0v) is 10.3. The van der Waals surface area contributed by atoms with E-state index in [1.807, 2.05) is 37.3 Å². The number of amides is 1. The summed E-state index contributed by atoms with van der Waals surface area (Å²) in [4.78, 5) is 14.8. The van der Waals surface area contributed by atoms with Gasteiger partial charge in [-0.25, -0.2) is 4.79 Å². The topological polar surface area (TPSA) is 40.5 Å². The molecule has 4 heteroatoms. The third-order valence-electron chi connectivity index (χ3n) is 2.41. The Morgan fingerprint density at radius 1 is 1.24 bits per heavy atom. The van der Waals surface area contributed by atoms with E-state index in [1.165, 1.54) is 9.78 Å². The molecule has 0 radical (unpaired) electrons. The lowest BCUT2D eigenvalue weighted by Gasteiger charge is -2.18. The molecule has 88 valence electrons. The second-order valence-corrected chi connectivity index (χ2v) is 5.09. The van der Waals surface area contributed by atoms with E-state index in [0.717, 1.165) is 4.88 Å². The maximum absolute atomic E-state index is 11.2. The van der Waals surface area contributed by atoms with Crippen molar-refractivity contribution in [3.05, 3.63) is 52.2 Å². The van der Waals surface area contributed by atoms with Crippen LogP contribution in [0.1, 0.15) is 9.75 Å². The molecule has 0 bridgehead atoms. The summed E-state index contributed by atoms with van der Waals surface area (Å²) >= 11 is 1.62. The molecule has 1 N–H and O–H groups in total. The van der Waals surface area contributed by atoms with Crippen LogP contribution in [-0.2, 0) is 6.54 Å². The highest BCUT2D eigenvalue weighted by atomic mass is 32.1. The molecule has 3 nitrogen and oxygen atoms in total. The van der Waals surface area contributed by atoms with Gasteiger partial charge in [0.1, 0.15) is 0 Å². The third-order valence-corrected chi connectivity index (χ3v) is 3.39. The van der Waals surface area contributed by atoms with Crippen molar-refractivity contribution in [2.75, 3.05) is 4.90 Å². The number of carbonyl (C=O) groups is 1. The smallest absolute Gasteiger partial charge is 0.412 e. The van der Waals surface area contributed by atoms with Crippen molar-refractivity contribution in [3.63, 3.8) is 0 Å². The lowest BCUT2D eigenvalue weighted by atomic mass is 10.3. The number of para-hydroxylation sites is 1. The summed E-state index contributed by atoms with van der Waals surface area (Å²) < 4.78 is 0. The maximum atomic E-state index is 11.2. The second kappa shape index (κ2) is 5.01. The predicted molar refractivity (Wildman–Crippen MR) is 69.7 cm³/mol. The number of rotatable bonds is 3. The van der Waals surface area contributed by atoms with Crippen molar-refractivity contribution in [3.8, 4) is 0 Å². The minimum Gasteiger partial charge on any atom is -0.465 e. The van der Waals surface area contributed by atoms with Crippen molar-refractivity contribution >= 4 is 23.1 Å². The first-order valence-electron chi connectivity index (χ1n) is 5.27. The Kier molecular flexibility index (Phi) is 3.44. The maximum Gasteiger partial charge on any atom is 0.412 e. The minimum atomic E-state index is -0.928. The van der Waals surface area contributed by atoms with Gasteiger partial charge in [0, 0.05) is 15.4 Å². The number of carboxylic acid groups (broad SMARTS) is 1. The fourth-order valence-corrected chi connectivity index (χ4v) is 2.48. The van der Waals surface area contributed by atoms with Crippen LogP contribution in [0, 0.1) is 6.92 Å². The number of aryl methyl sites for hydroxylation is 1. The van der Waals surface area contributed by atoms with Gasteiger partial charge in [-0.05, 0) is 31.2 Å². The summed E-state index contributed by atoms with van der Waals surface area (Å²) in [6.07, 6.45) is -0.928. The summed E-state index contributed by atoms with van der Waals surface area (Å²) in [5.41, 5.74) is 0.700. The van der Waals surface area contributed by atoms with Gasteiger partial charge in [0.15, 0.2) is 0 Å². The number of nitrogens with zero attached hydrogens (tertiary/aromatic N) is 1. The van der Waals surface area contributed by atoms with E-state index in [9.17, 15) is 9.90 Å². The molecule has 0 spiro atoms. The van der Waals surface area contributed by atoms with E-state index < -0.39 is 6.09 Å². The van der Waals surface area contributed by atoms with Crippen LogP contribution < -0.4 is 4.90 Å². The molecule has 2 aromatic rings. The van der Waals surface area contributed by atoms with Crippen LogP contribution in [0.15, 0.2) is 42.5 Å². The number of hydrogen-bond acceptors (Lipinski definition) is 2. The zero-order valence-electron chi connectivity index (χ0n) is 9.46. The molecule has 0 aliphatic heterocycles. The van der Waals surface area contributed by atoms with E-state index in [0.29, 0.717) is 12.2 Å². The molecule has 1 aromatic heterocycles. The van der Waals surface area contributed by atoms with Gasteiger partial charge in [0.25, 0.3) is 0 Å². The van der Waals surface area contributed by atoms with E-state index in [2.05, 4.69) is 0 Å². The molecule has 0 saturated heterocycles. The quantitative estimate of drug-likeness (QED) is 0.897. The fourth-order valence-electron chi connectivity index (χ4n) is 1.60. The molecule has 1 heterocycles. The Labute approximate surface area is 104 Å². The van der Waals surface area contributed by atoms with E-state index in [4.69, 9.17) is 0 Å². The molecule has 0 aliphatic rings. The SMILES string of the molecule is Cc1ccc(CN(C(=O)O)c2ccccc2)s1. The van der Waals surface area contributed by atoms with Gasteiger partial charge >= 0.3 is 6.09 Å². The Hall–Kier alpha value is -1.81. The molecule has 0 unspecified atom stereocenters. The summed E-state index contributed by atoms with van der Waals surface area (Å²) in [6.45, 7) is 2.42. The first-order chi connectivity index (χ1) is 8.16. The van der Waals surface area contributed by atoms with Gasteiger partial charge < -0.3 is 5.11 Å². The summed E-state index contributed by atoms with van der Waals surface area (Å²) in [6, 6.07) is 13.1. The molecule has 0 saturated carbocycles. The number of hydrogen-bond donors (Lipinski definition) is 1. The Morgan fingerprint density at radius 2 is 1.94 bits per heavy atom. The van der Waals surface area contributed by atoms with Gasteiger partial charge in [-0.2, -0.15) is 0 Å². The van der Waals surface area contributed by atoms with Crippen LogP contribution in [0.4, 0.5) is 10.5 Å². The Bertz CT molecular complexity index is 507. The van der Waals surface area contributed by atoms with Crippen molar-refractivity contribution in [1.29, 1.82) is 0 Å². The van der Waals surface area contributed by atoms with Gasteiger partial charge in [0.2, 0.25) is 0 Å². The molecule has 1 amide bonds. The zero-order chi connectivity index (χ0) is 12.3. The van der Waals surface area contributed by atoms with Crippen LogP contribution in [0.2, 0.25) is 0 Å². The van der Waals surface area contributed by atoms with Gasteiger partial charge in [-0.1, -0.05) is 18.2 Å². The lowest BCUT2D eigenvalue weighted by Crippen LogP contribution is -2.28. The molecule has 0 aliphatic carbocycles. The fraction of sp³-hybridized carbons (Fsp3) is 0.154. The van der Waals surface area contributed by atoms with Crippen LogP contribution in [0.5, 0.6) is 0 Å². The van der Waals surface area contributed by atoms with E-state index in [1.54, 1.807) is 23.5 Å². The van der Waals surface area contributed by atoms with Gasteiger partial charge in [0.05, 0.1) is 6.54 Å². The van der Waals surface area contributed by atoms with Gasteiger partial charge in [-0.3, -0.25) is 4.90 Å². The Balaban J connectivity index is 2.22. The van der Waals surface area contributed by atoms with Crippen LogP contribution in [0.25, 0.3) is 0 Å². The van der Waals surface area contributed by atoms with Crippen LogP contribution >= 0.6 is 11.3 Å². The monoisotopic (exact) mass is 247 g/mol. The van der Waals surface area contributed by atoms with E-state index >= 15 is 0 Å². The summed E-state index contributed by atoms with van der Waals surface area (Å²) in [5, 5.41) is 9.23. The summed E-state index contributed by atoms with van der Waals surface area (Å²) in [7, 11) is 0. The molecule has 17 heavy (non-hydrogen) atoms. The highest BCUT2D eigenvalue weighted by Gasteiger charge is 2.15. The number of benzene rings is 1. The molecule has 0 fully saturated rings. The lowest BCUT2D eigenvalue weighted by molar-refractivity contribution is 0.201. The van der Waals surface area contributed by atoms with Gasteiger partial charge in [-0.15, -0.1) is 11.3 Å². The Morgan fingerprint density at radius 3 is 2.47 bits per heavy atom. The first-order valence-corrected chi connectivity index (χ1v) is 6.09. The second-order valence-electron chi connectivity index (χ2n) is 3.72. The van der Waals surface area contributed by atoms with Crippen LogP contribution in [-0.4, -0.2) is 11.2 Å². The third kappa shape index (κ3) is 2.85. The van der Waals surface area contributed by atoms with E-state index in [-0.39, 0.29) is 0 Å². The van der Waals surface area contributed by atoms with Crippen molar-refractivity contribution < 1.29 is 9.90 Å². The number of anilines is 1. The summed E-state index contributed by atoms with van der Waals surface area (Å²) in [5.74, 6) is 0. The van der Waals surface area contributed by atoms with Crippen molar-refractivity contribution in [2.45, 2.75) is 13.5 Å². The first kappa shape index (κ1) is 11.7.